The van der Waals surface area contributed by atoms with Gasteiger partial charge in [-0.25, -0.2) is 18.2 Å². The number of nitrogens with one attached hydrogen (secondary N) is 1. The van der Waals surface area contributed by atoms with Gasteiger partial charge in [-0.2, -0.15) is 5.21 Å². The molecular weight excluding hydrogens is 533 g/mol. The number of hydrogen-bond donors (Lipinski definition) is 1. The van der Waals surface area contributed by atoms with Crippen molar-refractivity contribution in [2.45, 2.75) is 26.0 Å². The van der Waals surface area contributed by atoms with Gasteiger partial charge in [0.2, 0.25) is 5.82 Å². The molecule has 3 heterocycles. The molecule has 0 radical (unpaired) electrons. The number of hydrogen-bond acceptors (Lipinski definition) is 6. The Morgan fingerprint density at radius 3 is 2.59 bits per heavy atom. The number of rotatable bonds is 7. The largest absolute Gasteiger partial charge is 0.488 e. The summed E-state index contributed by atoms with van der Waals surface area (Å²) in [5.74, 6) is -1.05. The monoisotopic (exact) mass is 554 g/mol. The standard InChI is InChI=1S/C27H22ClF3N6O2/c28-18-3-4-19(25(10-18)39-14-17-2-1-16(9-20(17)29)26-33-35-36-34-26)27-32-23-11-21(30)22(31)12-24(23)37(27)13-15-5-7-38-8-6-15/h1-4,9-12,15H,5-8,13-14H2,(H,33,34,35,36). The quantitative estimate of drug-likeness (QED) is 0.267. The highest BCUT2D eigenvalue weighted by molar-refractivity contribution is 6.30. The summed E-state index contributed by atoms with van der Waals surface area (Å²) in [7, 11) is 0. The molecule has 2 aromatic heterocycles. The smallest absolute Gasteiger partial charge is 0.204 e. The predicted octanol–water partition coefficient (Wildman–Crippen LogP) is 5.96. The van der Waals surface area contributed by atoms with Crippen LogP contribution in [0.3, 0.4) is 0 Å². The number of aromatic amines is 1. The van der Waals surface area contributed by atoms with E-state index < -0.39 is 17.5 Å². The topological polar surface area (TPSA) is 90.7 Å². The van der Waals surface area contributed by atoms with Crippen molar-refractivity contribution in [2.24, 2.45) is 5.92 Å². The van der Waals surface area contributed by atoms with Crippen LogP contribution in [-0.2, 0) is 17.9 Å². The number of imidazole rings is 1. The zero-order valence-corrected chi connectivity index (χ0v) is 21.3. The second-order valence-electron chi connectivity index (χ2n) is 9.33. The van der Waals surface area contributed by atoms with E-state index in [9.17, 15) is 13.2 Å². The lowest BCUT2D eigenvalue weighted by Crippen LogP contribution is -2.20. The first-order valence-corrected chi connectivity index (χ1v) is 12.7. The fourth-order valence-corrected chi connectivity index (χ4v) is 4.90. The Hall–Kier alpha value is -3.96. The van der Waals surface area contributed by atoms with E-state index in [1.807, 2.05) is 4.57 Å². The van der Waals surface area contributed by atoms with E-state index in [0.717, 1.165) is 25.0 Å². The van der Waals surface area contributed by atoms with Crippen molar-refractivity contribution in [3.05, 3.63) is 76.6 Å². The third-order valence-electron chi connectivity index (χ3n) is 6.80. The molecule has 5 aromatic rings. The van der Waals surface area contributed by atoms with Crippen LogP contribution in [-0.4, -0.2) is 43.4 Å². The third-order valence-corrected chi connectivity index (χ3v) is 7.03. The highest BCUT2D eigenvalue weighted by Gasteiger charge is 2.23. The van der Waals surface area contributed by atoms with Gasteiger partial charge in [0.05, 0.1) is 16.6 Å². The van der Waals surface area contributed by atoms with Crippen LogP contribution >= 0.6 is 11.6 Å². The number of H-pyrrole nitrogens is 1. The molecule has 1 aliphatic heterocycles. The molecule has 1 aliphatic rings. The van der Waals surface area contributed by atoms with Crippen molar-refractivity contribution < 1.29 is 22.6 Å². The van der Waals surface area contributed by atoms with Gasteiger partial charge in [0, 0.05) is 48.0 Å². The van der Waals surface area contributed by atoms with Crippen molar-refractivity contribution in [1.29, 1.82) is 0 Å². The molecule has 12 heteroatoms. The van der Waals surface area contributed by atoms with Crippen LogP contribution in [0, 0.1) is 23.4 Å². The van der Waals surface area contributed by atoms with Crippen LogP contribution in [0.4, 0.5) is 13.2 Å². The first-order chi connectivity index (χ1) is 19.0. The highest BCUT2D eigenvalue weighted by Crippen LogP contribution is 2.36. The Kier molecular flexibility index (Phi) is 6.92. The van der Waals surface area contributed by atoms with Gasteiger partial charge in [-0.1, -0.05) is 23.7 Å². The van der Waals surface area contributed by atoms with Crippen molar-refractivity contribution in [3.63, 3.8) is 0 Å². The average Bonchev–Trinajstić information content (AvgIpc) is 3.58. The summed E-state index contributed by atoms with van der Waals surface area (Å²) in [5, 5.41) is 14.0. The molecule has 1 fully saturated rings. The van der Waals surface area contributed by atoms with Gasteiger partial charge in [0.25, 0.3) is 0 Å². The van der Waals surface area contributed by atoms with Gasteiger partial charge in [0.1, 0.15) is 24.0 Å². The molecule has 1 saturated heterocycles. The van der Waals surface area contributed by atoms with Crippen molar-refractivity contribution in [2.75, 3.05) is 13.2 Å². The summed E-state index contributed by atoms with van der Waals surface area (Å²) in [6.07, 6.45) is 1.68. The van der Waals surface area contributed by atoms with Crippen LogP contribution in [0.15, 0.2) is 48.5 Å². The van der Waals surface area contributed by atoms with Gasteiger partial charge in [0.15, 0.2) is 11.6 Å². The summed E-state index contributed by atoms with van der Waals surface area (Å²) < 4.78 is 56.7. The van der Waals surface area contributed by atoms with E-state index in [1.165, 1.54) is 6.07 Å². The Morgan fingerprint density at radius 2 is 1.82 bits per heavy atom. The van der Waals surface area contributed by atoms with Crippen molar-refractivity contribution >= 4 is 22.6 Å². The zero-order valence-electron chi connectivity index (χ0n) is 20.5. The number of fused-ring (bicyclic) bond motifs is 1. The van der Waals surface area contributed by atoms with Crippen LogP contribution in [0.5, 0.6) is 5.75 Å². The maximum atomic E-state index is 14.9. The molecule has 8 nitrogen and oxygen atoms in total. The molecule has 0 amide bonds. The lowest BCUT2D eigenvalue weighted by molar-refractivity contribution is 0.0617. The lowest BCUT2D eigenvalue weighted by atomic mass is 10.00. The average molecular weight is 555 g/mol. The molecule has 200 valence electrons. The molecule has 39 heavy (non-hydrogen) atoms. The minimum absolute atomic E-state index is 0.102. The second-order valence-corrected chi connectivity index (χ2v) is 9.76. The van der Waals surface area contributed by atoms with Crippen LogP contribution in [0.1, 0.15) is 18.4 Å². The minimum Gasteiger partial charge on any atom is -0.488 e. The number of ether oxygens (including phenoxy) is 2. The molecule has 0 bridgehead atoms. The SMILES string of the molecule is Fc1cc2nc(-c3ccc(Cl)cc3OCc3ccc(-c4nn[nH]n4)cc3F)n(CC3CCOCC3)c2cc1F. The Balaban J connectivity index is 1.36. The fourth-order valence-electron chi connectivity index (χ4n) is 4.74. The summed E-state index contributed by atoms with van der Waals surface area (Å²) in [6, 6.07) is 11.8. The Morgan fingerprint density at radius 1 is 1.00 bits per heavy atom. The van der Waals surface area contributed by atoms with E-state index >= 15 is 0 Å². The summed E-state index contributed by atoms with van der Waals surface area (Å²) in [6.45, 7) is 1.72. The fraction of sp³-hybridized carbons (Fsp3) is 0.259. The van der Waals surface area contributed by atoms with Crippen LogP contribution in [0.25, 0.3) is 33.8 Å². The molecule has 0 saturated carbocycles. The molecule has 0 unspecified atom stereocenters. The molecule has 1 N–H and O–H groups in total. The number of halogens is 4. The maximum absolute atomic E-state index is 14.9. The molecule has 0 atom stereocenters. The molecule has 0 spiro atoms. The molecular formula is C27H22ClF3N6O2. The summed E-state index contributed by atoms with van der Waals surface area (Å²) in [5.41, 5.74) is 2.12. The van der Waals surface area contributed by atoms with E-state index in [-0.39, 0.29) is 18.3 Å². The maximum Gasteiger partial charge on any atom is 0.204 e. The number of nitrogens with zero attached hydrogens (tertiary/aromatic N) is 5. The summed E-state index contributed by atoms with van der Waals surface area (Å²) in [4.78, 5) is 4.66. The van der Waals surface area contributed by atoms with Gasteiger partial charge in [-0.05, 0) is 48.2 Å². The highest BCUT2D eigenvalue weighted by atomic mass is 35.5. The molecule has 6 rings (SSSR count). The Labute approximate surface area is 225 Å². The van der Waals surface area contributed by atoms with E-state index in [0.29, 0.717) is 64.1 Å². The Bertz CT molecular complexity index is 1640. The van der Waals surface area contributed by atoms with Crippen molar-refractivity contribution in [3.8, 4) is 28.5 Å². The van der Waals surface area contributed by atoms with Crippen LogP contribution < -0.4 is 4.74 Å². The number of benzene rings is 3. The normalized spacial score (nSPS) is 14.3. The van der Waals surface area contributed by atoms with E-state index in [2.05, 4.69) is 25.6 Å². The summed E-state index contributed by atoms with van der Waals surface area (Å²) >= 11 is 6.29. The predicted molar refractivity (Wildman–Crippen MR) is 138 cm³/mol. The molecule has 3 aromatic carbocycles. The number of tetrazole rings is 1. The van der Waals surface area contributed by atoms with Crippen LogP contribution in [0.2, 0.25) is 5.02 Å². The van der Waals surface area contributed by atoms with Gasteiger partial charge in [-0.15, -0.1) is 10.2 Å². The van der Waals surface area contributed by atoms with Gasteiger partial charge in [-0.3, -0.25) is 0 Å². The molecule has 0 aliphatic carbocycles. The third kappa shape index (κ3) is 5.19. The van der Waals surface area contributed by atoms with Gasteiger partial charge >= 0.3 is 0 Å². The van der Waals surface area contributed by atoms with E-state index in [1.54, 1.807) is 30.3 Å². The van der Waals surface area contributed by atoms with E-state index in [4.69, 9.17) is 21.1 Å². The van der Waals surface area contributed by atoms with Crippen molar-refractivity contribution in [1.82, 2.24) is 30.2 Å². The van der Waals surface area contributed by atoms with Gasteiger partial charge < -0.3 is 14.0 Å². The zero-order chi connectivity index (χ0) is 26.9. The first kappa shape index (κ1) is 25.3. The first-order valence-electron chi connectivity index (χ1n) is 12.3. The minimum atomic E-state index is -0.975. The number of aromatic nitrogens is 6. The second kappa shape index (κ2) is 10.7. The lowest BCUT2D eigenvalue weighted by Gasteiger charge is -2.24.